The molecule has 0 saturated heterocycles. The van der Waals surface area contributed by atoms with Crippen LogP contribution in [0, 0.1) is 0 Å². The molecule has 1 fully saturated rings. The summed E-state index contributed by atoms with van der Waals surface area (Å²) in [5.41, 5.74) is 1.34. The fourth-order valence-corrected chi connectivity index (χ4v) is 3.18. The van der Waals surface area contributed by atoms with Crippen molar-refractivity contribution in [2.75, 3.05) is 14.2 Å². The third kappa shape index (κ3) is 4.69. The minimum absolute atomic E-state index is 0.0556. The van der Waals surface area contributed by atoms with Gasteiger partial charge < -0.3 is 24.6 Å². The van der Waals surface area contributed by atoms with E-state index in [9.17, 15) is 9.59 Å². The minimum Gasteiger partial charge on any atom is -0.497 e. The highest BCUT2D eigenvalue weighted by atomic mass is 16.5. The number of amides is 2. The van der Waals surface area contributed by atoms with Crippen molar-refractivity contribution >= 4 is 11.8 Å². The van der Waals surface area contributed by atoms with Crippen LogP contribution in [0.3, 0.4) is 0 Å². The van der Waals surface area contributed by atoms with Gasteiger partial charge in [-0.15, -0.1) is 0 Å². The van der Waals surface area contributed by atoms with E-state index in [1.54, 1.807) is 37.4 Å². The van der Waals surface area contributed by atoms with E-state index in [4.69, 9.17) is 14.0 Å². The molecule has 1 atom stereocenters. The van der Waals surface area contributed by atoms with Crippen LogP contribution in [0.4, 0.5) is 0 Å². The molecule has 1 aromatic heterocycles. The molecule has 0 aliphatic heterocycles. The van der Waals surface area contributed by atoms with Crippen molar-refractivity contribution in [2.45, 2.75) is 24.9 Å². The minimum atomic E-state index is -0.833. The van der Waals surface area contributed by atoms with Gasteiger partial charge in [0.2, 0.25) is 5.91 Å². The number of carbonyl (C=O) groups is 2. The van der Waals surface area contributed by atoms with Crippen LogP contribution >= 0.6 is 0 Å². The van der Waals surface area contributed by atoms with Crippen LogP contribution in [0.1, 0.15) is 34.9 Å². The Kier molecular flexibility index (Phi) is 5.88. The molecule has 8 nitrogen and oxygen atoms in total. The summed E-state index contributed by atoms with van der Waals surface area (Å²) in [5, 5.41) is 9.60. The molecule has 3 aromatic rings. The quantitative estimate of drug-likeness (QED) is 0.579. The Hall–Kier alpha value is -3.81. The van der Waals surface area contributed by atoms with E-state index in [1.165, 1.54) is 13.2 Å². The lowest BCUT2D eigenvalue weighted by atomic mass is 10.1. The Balaban J connectivity index is 1.56. The second kappa shape index (κ2) is 8.91. The number of carbonyl (C=O) groups excluding carboxylic acids is 2. The van der Waals surface area contributed by atoms with E-state index in [0.717, 1.165) is 12.8 Å². The van der Waals surface area contributed by atoms with Crippen LogP contribution in [0.25, 0.3) is 11.3 Å². The molecule has 0 spiro atoms. The van der Waals surface area contributed by atoms with Gasteiger partial charge in [-0.1, -0.05) is 35.5 Å². The first-order valence-electron chi connectivity index (χ1n) is 9.94. The maximum atomic E-state index is 12.9. The predicted molar refractivity (Wildman–Crippen MR) is 113 cm³/mol. The molecule has 2 N–H and O–H groups in total. The van der Waals surface area contributed by atoms with Gasteiger partial charge in [-0.05, 0) is 36.6 Å². The van der Waals surface area contributed by atoms with E-state index in [1.807, 2.05) is 18.2 Å². The Morgan fingerprint density at radius 2 is 1.84 bits per heavy atom. The second-order valence-electron chi connectivity index (χ2n) is 7.24. The third-order valence-corrected chi connectivity index (χ3v) is 5.01. The smallest absolute Gasteiger partial charge is 0.274 e. The van der Waals surface area contributed by atoms with Crippen molar-refractivity contribution < 1.29 is 23.6 Å². The molecule has 1 saturated carbocycles. The number of hydrogen-bond acceptors (Lipinski definition) is 6. The molecular formula is C23H23N3O5. The van der Waals surface area contributed by atoms with Crippen molar-refractivity contribution in [3.63, 3.8) is 0 Å². The Bertz CT molecular complexity index is 1080. The van der Waals surface area contributed by atoms with Gasteiger partial charge in [0.05, 0.1) is 19.8 Å². The summed E-state index contributed by atoms with van der Waals surface area (Å²) >= 11 is 0. The SMILES string of the molecule is COc1ccc(OC)c(-c2cc(C(=O)N[C@H](C(=O)NC3CC3)c3ccccc3)no2)c1. The van der Waals surface area contributed by atoms with Gasteiger partial charge in [0.25, 0.3) is 5.91 Å². The molecule has 4 rings (SSSR count). The molecular weight excluding hydrogens is 398 g/mol. The van der Waals surface area contributed by atoms with E-state index in [-0.39, 0.29) is 17.6 Å². The first-order valence-corrected chi connectivity index (χ1v) is 9.94. The van der Waals surface area contributed by atoms with Crippen molar-refractivity contribution in [3.8, 4) is 22.8 Å². The van der Waals surface area contributed by atoms with Gasteiger partial charge in [-0.25, -0.2) is 0 Å². The predicted octanol–water partition coefficient (Wildman–Crippen LogP) is 3.11. The highest BCUT2D eigenvalue weighted by Crippen LogP contribution is 2.33. The summed E-state index contributed by atoms with van der Waals surface area (Å²) in [7, 11) is 3.10. The number of ether oxygens (including phenoxy) is 2. The highest BCUT2D eigenvalue weighted by molar-refractivity contribution is 5.97. The van der Waals surface area contributed by atoms with Crippen LogP contribution in [-0.2, 0) is 4.79 Å². The molecule has 2 amide bonds. The van der Waals surface area contributed by atoms with Crippen LogP contribution in [-0.4, -0.2) is 37.2 Å². The first-order chi connectivity index (χ1) is 15.1. The molecule has 8 heteroatoms. The number of nitrogens with zero attached hydrogens (tertiary/aromatic N) is 1. The topological polar surface area (TPSA) is 103 Å². The molecule has 0 unspecified atom stereocenters. The summed E-state index contributed by atoms with van der Waals surface area (Å²) in [6.45, 7) is 0. The number of hydrogen-bond donors (Lipinski definition) is 2. The summed E-state index contributed by atoms with van der Waals surface area (Å²) in [4.78, 5) is 25.6. The van der Waals surface area contributed by atoms with Crippen molar-refractivity contribution in [3.05, 3.63) is 65.9 Å². The van der Waals surface area contributed by atoms with Gasteiger partial charge >= 0.3 is 0 Å². The zero-order valence-corrected chi connectivity index (χ0v) is 17.3. The first kappa shape index (κ1) is 20.5. The van der Waals surface area contributed by atoms with Crippen LogP contribution in [0.5, 0.6) is 11.5 Å². The summed E-state index contributed by atoms with van der Waals surface area (Å²) in [5.74, 6) is 0.741. The monoisotopic (exact) mass is 421 g/mol. The normalized spacial score (nSPS) is 13.9. The number of benzene rings is 2. The zero-order valence-electron chi connectivity index (χ0n) is 17.3. The molecule has 2 aromatic carbocycles. The number of methoxy groups -OCH3 is 2. The van der Waals surface area contributed by atoms with Crippen molar-refractivity contribution in [2.24, 2.45) is 0 Å². The maximum Gasteiger partial charge on any atom is 0.274 e. The van der Waals surface area contributed by atoms with E-state index >= 15 is 0 Å². The van der Waals surface area contributed by atoms with E-state index in [0.29, 0.717) is 28.4 Å². The summed E-state index contributed by atoms with van der Waals surface area (Å²) in [6, 6.07) is 15.2. The molecule has 0 bridgehead atoms. The fourth-order valence-electron chi connectivity index (χ4n) is 3.18. The van der Waals surface area contributed by atoms with Gasteiger partial charge in [-0.2, -0.15) is 0 Å². The molecule has 1 aliphatic carbocycles. The third-order valence-electron chi connectivity index (χ3n) is 5.01. The maximum absolute atomic E-state index is 12.9. The Labute approximate surface area is 179 Å². The fraction of sp³-hybridized carbons (Fsp3) is 0.261. The van der Waals surface area contributed by atoms with Crippen LogP contribution in [0.2, 0.25) is 0 Å². The highest BCUT2D eigenvalue weighted by Gasteiger charge is 2.30. The lowest BCUT2D eigenvalue weighted by Gasteiger charge is -2.18. The molecule has 1 aliphatic rings. The molecule has 160 valence electrons. The number of aromatic nitrogens is 1. The van der Waals surface area contributed by atoms with Gasteiger partial charge in [0, 0.05) is 12.1 Å². The van der Waals surface area contributed by atoms with E-state index in [2.05, 4.69) is 15.8 Å². The van der Waals surface area contributed by atoms with Gasteiger partial charge in [0.15, 0.2) is 11.5 Å². The largest absolute Gasteiger partial charge is 0.497 e. The molecule has 1 heterocycles. The second-order valence-corrected chi connectivity index (χ2v) is 7.24. The Morgan fingerprint density at radius 3 is 2.52 bits per heavy atom. The summed E-state index contributed by atoms with van der Waals surface area (Å²) < 4.78 is 16.0. The number of rotatable bonds is 8. The lowest BCUT2D eigenvalue weighted by molar-refractivity contribution is -0.123. The van der Waals surface area contributed by atoms with Crippen molar-refractivity contribution in [1.29, 1.82) is 0 Å². The lowest BCUT2D eigenvalue weighted by Crippen LogP contribution is -2.41. The number of nitrogens with one attached hydrogen (secondary N) is 2. The molecule has 0 radical (unpaired) electrons. The zero-order chi connectivity index (χ0) is 21.8. The average Bonchev–Trinajstić information content (AvgIpc) is 3.48. The van der Waals surface area contributed by atoms with Crippen LogP contribution < -0.4 is 20.1 Å². The average molecular weight is 421 g/mol. The van der Waals surface area contributed by atoms with Crippen LogP contribution in [0.15, 0.2) is 59.1 Å². The van der Waals surface area contributed by atoms with E-state index < -0.39 is 11.9 Å². The van der Waals surface area contributed by atoms with Crippen molar-refractivity contribution in [1.82, 2.24) is 15.8 Å². The molecule has 31 heavy (non-hydrogen) atoms. The van der Waals surface area contributed by atoms with Gasteiger partial charge in [0.1, 0.15) is 17.5 Å². The Morgan fingerprint density at radius 1 is 1.06 bits per heavy atom. The standard InChI is InChI=1S/C23H23N3O5/c1-29-16-10-11-19(30-2)17(12-16)20-13-18(26-31-20)22(27)25-21(14-6-4-3-5-7-14)23(28)24-15-8-9-15/h3-7,10-13,15,21H,8-9H2,1-2H3,(H,24,28)(H,25,27)/t21-/m0/s1. The van der Waals surface area contributed by atoms with Gasteiger partial charge in [-0.3, -0.25) is 9.59 Å². The summed E-state index contributed by atoms with van der Waals surface area (Å²) in [6.07, 6.45) is 1.91.